The van der Waals surface area contributed by atoms with E-state index in [9.17, 15) is 4.79 Å². The highest BCUT2D eigenvalue weighted by molar-refractivity contribution is 5.75. The molecule has 12 heavy (non-hydrogen) atoms. The van der Waals surface area contributed by atoms with Crippen LogP contribution in [0.2, 0.25) is 0 Å². The molecule has 1 heterocycles. The summed E-state index contributed by atoms with van der Waals surface area (Å²) < 4.78 is 4.97. The zero-order valence-corrected chi connectivity index (χ0v) is 7.54. The number of fused-ring (bicyclic) bond motifs is 1. The third kappa shape index (κ3) is 0.977. The Morgan fingerprint density at radius 3 is 2.92 bits per heavy atom. The molecule has 1 fully saturated rings. The Morgan fingerprint density at radius 2 is 2.25 bits per heavy atom. The minimum atomic E-state index is -0.0180. The Bertz CT molecular complexity index is 242. The van der Waals surface area contributed by atoms with E-state index in [1.807, 2.05) is 0 Å². The summed E-state index contributed by atoms with van der Waals surface area (Å²) in [6.45, 7) is 4.20. The van der Waals surface area contributed by atoms with Crippen LogP contribution >= 0.6 is 0 Å². The molecule has 2 unspecified atom stereocenters. The van der Waals surface area contributed by atoms with Gasteiger partial charge in [0.15, 0.2) is 0 Å². The average molecular weight is 166 g/mol. The molecule has 2 nitrogen and oxygen atoms in total. The van der Waals surface area contributed by atoms with Gasteiger partial charge < -0.3 is 4.74 Å². The molecule has 0 aromatic rings. The fourth-order valence-electron chi connectivity index (χ4n) is 2.42. The summed E-state index contributed by atoms with van der Waals surface area (Å²) in [7, 11) is 0. The van der Waals surface area contributed by atoms with Crippen molar-refractivity contribution in [1.29, 1.82) is 0 Å². The molecule has 1 aliphatic carbocycles. The Hall–Kier alpha value is -0.790. The van der Waals surface area contributed by atoms with E-state index in [4.69, 9.17) is 4.74 Å². The van der Waals surface area contributed by atoms with Crippen LogP contribution in [-0.2, 0) is 9.53 Å². The van der Waals surface area contributed by atoms with E-state index in [1.54, 1.807) is 6.26 Å². The van der Waals surface area contributed by atoms with Gasteiger partial charge in [-0.15, -0.1) is 0 Å². The number of cyclic esters (lactones) is 1. The highest BCUT2D eigenvalue weighted by Gasteiger charge is 2.42. The number of hydrogen-bond acceptors (Lipinski definition) is 2. The van der Waals surface area contributed by atoms with Gasteiger partial charge in [0.1, 0.15) is 0 Å². The normalized spacial score (nSPS) is 40.3. The lowest BCUT2D eigenvalue weighted by Crippen LogP contribution is -2.28. The van der Waals surface area contributed by atoms with Crippen LogP contribution in [0, 0.1) is 17.8 Å². The number of ether oxygens (including phenoxy) is 1. The maximum Gasteiger partial charge on any atom is 0.314 e. The Morgan fingerprint density at radius 1 is 1.50 bits per heavy atom. The monoisotopic (exact) mass is 166 g/mol. The second-order valence-corrected chi connectivity index (χ2v) is 3.99. The van der Waals surface area contributed by atoms with Crippen molar-refractivity contribution in [3.8, 4) is 0 Å². The molecule has 0 spiro atoms. The topological polar surface area (TPSA) is 26.3 Å². The Kier molecular flexibility index (Phi) is 1.71. The summed E-state index contributed by atoms with van der Waals surface area (Å²) in [5.74, 6) is 1.11. The quantitative estimate of drug-likeness (QED) is 0.515. The van der Waals surface area contributed by atoms with Gasteiger partial charge >= 0.3 is 5.97 Å². The van der Waals surface area contributed by atoms with Gasteiger partial charge in [-0.2, -0.15) is 0 Å². The number of carbonyl (C=O) groups excluding carboxylic acids is 1. The number of rotatable bonds is 0. The maximum absolute atomic E-state index is 11.4. The molecule has 0 N–H and O–H groups in total. The summed E-state index contributed by atoms with van der Waals surface area (Å²) in [6.07, 6.45) is 3.94. The molecule has 2 aliphatic rings. The van der Waals surface area contributed by atoms with Gasteiger partial charge in [0.05, 0.1) is 12.2 Å². The Labute approximate surface area is 72.6 Å². The van der Waals surface area contributed by atoms with Crippen LogP contribution < -0.4 is 0 Å². The summed E-state index contributed by atoms with van der Waals surface area (Å²) in [5, 5.41) is 0. The minimum Gasteiger partial charge on any atom is -0.434 e. The smallest absolute Gasteiger partial charge is 0.314 e. The number of hydrogen-bond donors (Lipinski definition) is 0. The van der Waals surface area contributed by atoms with Crippen molar-refractivity contribution >= 4 is 5.97 Å². The zero-order valence-electron chi connectivity index (χ0n) is 7.54. The van der Waals surface area contributed by atoms with Crippen molar-refractivity contribution < 1.29 is 9.53 Å². The molecule has 2 heteroatoms. The van der Waals surface area contributed by atoms with E-state index in [-0.39, 0.29) is 11.9 Å². The lowest BCUT2D eigenvalue weighted by Gasteiger charge is -2.25. The first-order valence-corrected chi connectivity index (χ1v) is 4.57. The van der Waals surface area contributed by atoms with Crippen LogP contribution in [0.4, 0.5) is 0 Å². The molecule has 0 aromatic heterocycles. The Balaban J connectivity index is 2.29. The summed E-state index contributed by atoms with van der Waals surface area (Å²) in [5.41, 5.74) is 1.24. The van der Waals surface area contributed by atoms with Gasteiger partial charge in [-0.3, -0.25) is 4.79 Å². The van der Waals surface area contributed by atoms with E-state index >= 15 is 0 Å². The molecule has 66 valence electrons. The first kappa shape index (κ1) is 7.84. The van der Waals surface area contributed by atoms with Gasteiger partial charge in [-0.1, -0.05) is 6.92 Å². The van der Waals surface area contributed by atoms with Crippen molar-refractivity contribution in [3.63, 3.8) is 0 Å². The molecule has 2 rings (SSSR count). The molecule has 0 aromatic carbocycles. The average Bonchev–Trinajstić information content (AvgIpc) is 2.42. The first-order chi connectivity index (χ1) is 5.70. The van der Waals surface area contributed by atoms with Crippen molar-refractivity contribution in [3.05, 3.63) is 11.8 Å². The minimum absolute atomic E-state index is 0.0180. The molecule has 1 saturated carbocycles. The highest BCUT2D eigenvalue weighted by atomic mass is 16.5. The van der Waals surface area contributed by atoms with E-state index < -0.39 is 0 Å². The summed E-state index contributed by atoms with van der Waals surface area (Å²) in [6, 6.07) is 0. The van der Waals surface area contributed by atoms with Crippen molar-refractivity contribution in [2.24, 2.45) is 17.8 Å². The maximum atomic E-state index is 11.4. The van der Waals surface area contributed by atoms with Crippen molar-refractivity contribution in [2.45, 2.75) is 26.7 Å². The largest absolute Gasteiger partial charge is 0.434 e. The van der Waals surface area contributed by atoms with Crippen LogP contribution in [0.25, 0.3) is 0 Å². The number of carbonyl (C=O) groups is 1. The predicted octanol–water partition coefficient (Wildman–Crippen LogP) is 2.11. The number of esters is 1. The molecule has 1 aliphatic heterocycles. The third-order valence-corrected chi connectivity index (χ3v) is 3.20. The van der Waals surface area contributed by atoms with Gasteiger partial charge in [0, 0.05) is 0 Å². The van der Waals surface area contributed by atoms with Crippen molar-refractivity contribution in [1.82, 2.24) is 0 Å². The van der Waals surface area contributed by atoms with Gasteiger partial charge in [0.2, 0.25) is 0 Å². The van der Waals surface area contributed by atoms with Crippen molar-refractivity contribution in [2.75, 3.05) is 0 Å². The SMILES string of the molecule is CC1=COC(=O)C2C1CC[C@@H]2C. The van der Waals surface area contributed by atoms with E-state index in [1.165, 1.54) is 5.57 Å². The van der Waals surface area contributed by atoms with Crippen LogP contribution in [0.3, 0.4) is 0 Å². The van der Waals surface area contributed by atoms with Crippen LogP contribution in [0.1, 0.15) is 26.7 Å². The lowest BCUT2D eigenvalue weighted by molar-refractivity contribution is -0.146. The van der Waals surface area contributed by atoms with E-state index in [0.717, 1.165) is 12.8 Å². The predicted molar refractivity (Wildman–Crippen MR) is 45.2 cm³/mol. The molecule has 0 amide bonds. The number of allylic oxidation sites excluding steroid dienone is 1. The van der Waals surface area contributed by atoms with Gasteiger partial charge in [0.25, 0.3) is 0 Å². The highest BCUT2D eigenvalue weighted by Crippen LogP contribution is 2.43. The van der Waals surface area contributed by atoms with Crippen LogP contribution in [0.15, 0.2) is 11.8 Å². The third-order valence-electron chi connectivity index (χ3n) is 3.20. The molecule has 0 saturated heterocycles. The standard InChI is InChI=1S/C10H14O2/c1-6-3-4-8-7(2)5-12-10(11)9(6)8/h5-6,8-9H,3-4H2,1-2H3/t6-,8?,9?/m0/s1. The fraction of sp³-hybridized carbons (Fsp3) is 0.700. The summed E-state index contributed by atoms with van der Waals surface area (Å²) in [4.78, 5) is 11.4. The van der Waals surface area contributed by atoms with Gasteiger partial charge in [-0.25, -0.2) is 0 Å². The summed E-state index contributed by atoms with van der Waals surface area (Å²) >= 11 is 0. The first-order valence-electron chi connectivity index (χ1n) is 4.57. The van der Waals surface area contributed by atoms with Crippen LogP contribution in [0.5, 0.6) is 0 Å². The molecular weight excluding hydrogens is 152 g/mol. The molecule has 0 bridgehead atoms. The second kappa shape index (κ2) is 2.61. The second-order valence-electron chi connectivity index (χ2n) is 3.99. The fourth-order valence-corrected chi connectivity index (χ4v) is 2.42. The van der Waals surface area contributed by atoms with Gasteiger partial charge in [-0.05, 0) is 37.2 Å². The molecule has 0 radical (unpaired) electrons. The van der Waals surface area contributed by atoms with E-state index in [0.29, 0.717) is 11.8 Å². The van der Waals surface area contributed by atoms with Crippen LogP contribution in [-0.4, -0.2) is 5.97 Å². The lowest BCUT2D eigenvalue weighted by atomic mass is 9.85. The molecular formula is C10H14O2. The van der Waals surface area contributed by atoms with E-state index in [2.05, 4.69) is 13.8 Å². The zero-order chi connectivity index (χ0) is 8.72. The molecule has 3 atom stereocenters.